The van der Waals surface area contributed by atoms with Gasteiger partial charge in [-0.05, 0) is 60.4 Å². The molecule has 0 bridgehead atoms. The Morgan fingerprint density at radius 2 is 1.54 bits per heavy atom. The van der Waals surface area contributed by atoms with Gasteiger partial charge in [-0.2, -0.15) is 4.72 Å². The van der Waals surface area contributed by atoms with Crippen molar-refractivity contribution >= 4 is 43.5 Å². The Morgan fingerprint density at radius 1 is 0.974 bits per heavy atom. The molecule has 3 aromatic rings. The molecule has 0 spiro atoms. The third kappa shape index (κ3) is 8.09. The number of ether oxygens (including phenoxy) is 1. The number of rotatable bonds is 13. The number of hydrogen-bond acceptors (Lipinski definition) is 7. The van der Waals surface area contributed by atoms with E-state index in [9.17, 15) is 33.2 Å². The molecule has 39 heavy (non-hydrogen) atoms. The molecular formula is C26H26BrN3O8S. The molecule has 0 aliphatic heterocycles. The normalized spacial score (nSPS) is 12.8. The second kappa shape index (κ2) is 12.8. The maximum absolute atomic E-state index is 13.3. The van der Waals surface area contributed by atoms with Crippen LogP contribution in [0.1, 0.15) is 26.2 Å². The molecule has 0 saturated carbocycles. The summed E-state index contributed by atoms with van der Waals surface area (Å²) in [5.41, 5.74) is -1.07. The second-order valence-corrected chi connectivity index (χ2v) is 11.2. The van der Waals surface area contributed by atoms with E-state index >= 15 is 0 Å². The van der Waals surface area contributed by atoms with Gasteiger partial charge in [-0.3, -0.25) is 14.9 Å². The first-order chi connectivity index (χ1) is 18.4. The summed E-state index contributed by atoms with van der Waals surface area (Å²) in [6.07, 6.45) is 0.224. The molecule has 3 aromatic carbocycles. The van der Waals surface area contributed by atoms with E-state index in [4.69, 9.17) is 4.74 Å². The SMILES string of the molecule is CC(=O)NCCCCC(NS(=O)(=O)c1ccc(-c2ccc(Br)cc2)cc1)(Oc1ccc([N+](=O)[O-])cc1)C(=O)O. The van der Waals surface area contributed by atoms with E-state index in [1.54, 1.807) is 12.1 Å². The number of nitro groups is 1. The smallest absolute Gasteiger partial charge is 0.364 e. The molecule has 206 valence electrons. The number of nitro benzene ring substituents is 1. The van der Waals surface area contributed by atoms with Crippen LogP contribution < -0.4 is 14.8 Å². The van der Waals surface area contributed by atoms with Gasteiger partial charge in [0.2, 0.25) is 15.9 Å². The Balaban J connectivity index is 1.90. The van der Waals surface area contributed by atoms with E-state index in [0.29, 0.717) is 6.42 Å². The van der Waals surface area contributed by atoms with Gasteiger partial charge in [0.1, 0.15) is 5.75 Å². The van der Waals surface area contributed by atoms with Gasteiger partial charge in [0, 0.05) is 36.5 Å². The van der Waals surface area contributed by atoms with Gasteiger partial charge in [-0.1, -0.05) is 40.2 Å². The molecule has 1 amide bonds. The number of sulfonamides is 1. The standard InChI is InChI=1S/C26H26BrN3O8S/c1-18(31)28-17-3-2-16-26(25(32)33,38-23-12-10-22(11-13-23)30(34)35)29-39(36,37)24-14-6-20(7-15-24)19-4-8-21(27)9-5-19/h4-15,29H,2-3,16-17H2,1H3,(H,28,31)(H,32,33). The molecule has 1 atom stereocenters. The van der Waals surface area contributed by atoms with Crippen molar-refractivity contribution in [1.29, 1.82) is 0 Å². The molecule has 3 rings (SSSR count). The van der Waals surface area contributed by atoms with Crippen LogP contribution in [0, 0.1) is 10.1 Å². The lowest BCUT2D eigenvalue weighted by Gasteiger charge is -2.31. The first-order valence-corrected chi connectivity index (χ1v) is 14.0. The van der Waals surface area contributed by atoms with E-state index in [2.05, 4.69) is 26.0 Å². The Morgan fingerprint density at radius 3 is 2.05 bits per heavy atom. The van der Waals surface area contributed by atoms with E-state index in [-0.39, 0.29) is 41.6 Å². The van der Waals surface area contributed by atoms with Gasteiger partial charge in [0.15, 0.2) is 0 Å². The summed E-state index contributed by atoms with van der Waals surface area (Å²) in [6.45, 7) is 1.60. The lowest BCUT2D eigenvalue weighted by molar-refractivity contribution is -0.384. The van der Waals surface area contributed by atoms with Crippen LogP contribution in [0.3, 0.4) is 0 Å². The first kappa shape index (κ1) is 29.7. The summed E-state index contributed by atoms with van der Waals surface area (Å²) < 4.78 is 35.5. The summed E-state index contributed by atoms with van der Waals surface area (Å²) in [5.74, 6) is -1.94. The van der Waals surface area contributed by atoms with Crippen LogP contribution in [0.15, 0.2) is 82.2 Å². The fraction of sp³-hybridized carbons (Fsp3) is 0.231. The minimum Gasteiger partial charge on any atom is -0.477 e. The summed E-state index contributed by atoms with van der Waals surface area (Å²) in [4.78, 5) is 33.8. The highest BCUT2D eigenvalue weighted by Gasteiger charge is 2.45. The zero-order chi connectivity index (χ0) is 28.6. The van der Waals surface area contributed by atoms with Crippen molar-refractivity contribution in [3.63, 3.8) is 0 Å². The molecule has 0 radical (unpaired) electrons. The fourth-order valence-corrected chi connectivity index (χ4v) is 5.20. The fourth-order valence-electron chi connectivity index (χ4n) is 3.66. The van der Waals surface area contributed by atoms with Crippen LogP contribution in [0.25, 0.3) is 11.1 Å². The van der Waals surface area contributed by atoms with Crippen LogP contribution in [-0.4, -0.2) is 42.6 Å². The van der Waals surface area contributed by atoms with E-state index in [0.717, 1.165) is 27.7 Å². The van der Waals surface area contributed by atoms with Crippen molar-refractivity contribution < 1.29 is 32.8 Å². The monoisotopic (exact) mass is 619 g/mol. The van der Waals surface area contributed by atoms with Crippen LogP contribution in [0.4, 0.5) is 5.69 Å². The largest absolute Gasteiger partial charge is 0.477 e. The van der Waals surface area contributed by atoms with Gasteiger partial charge in [-0.25, -0.2) is 13.2 Å². The van der Waals surface area contributed by atoms with Gasteiger partial charge in [-0.15, -0.1) is 0 Å². The summed E-state index contributed by atoms with van der Waals surface area (Å²) >= 11 is 3.37. The highest BCUT2D eigenvalue weighted by molar-refractivity contribution is 9.10. The lowest BCUT2D eigenvalue weighted by atomic mass is 10.1. The summed E-state index contributed by atoms with van der Waals surface area (Å²) in [6, 6.07) is 18.0. The zero-order valence-electron chi connectivity index (χ0n) is 20.8. The van der Waals surface area contributed by atoms with Crippen molar-refractivity contribution in [1.82, 2.24) is 10.0 Å². The molecule has 0 aliphatic carbocycles. The number of carboxylic acid groups (broad SMARTS) is 1. The van der Waals surface area contributed by atoms with Gasteiger partial charge >= 0.3 is 5.97 Å². The number of halogens is 1. The van der Waals surface area contributed by atoms with Gasteiger partial charge in [0.25, 0.3) is 11.4 Å². The average Bonchev–Trinajstić information content (AvgIpc) is 2.88. The molecule has 0 fully saturated rings. The predicted octanol–water partition coefficient (Wildman–Crippen LogP) is 4.47. The van der Waals surface area contributed by atoms with Gasteiger partial charge < -0.3 is 15.2 Å². The van der Waals surface area contributed by atoms with Crippen LogP contribution in [0.5, 0.6) is 5.75 Å². The molecule has 13 heteroatoms. The quantitative estimate of drug-likeness (QED) is 0.109. The van der Waals surface area contributed by atoms with Crippen molar-refractivity contribution in [2.75, 3.05) is 6.54 Å². The molecule has 1 unspecified atom stereocenters. The Bertz CT molecular complexity index is 1430. The molecule has 3 N–H and O–H groups in total. The number of non-ortho nitro benzene ring substituents is 1. The van der Waals surface area contributed by atoms with Crippen molar-refractivity contribution in [2.45, 2.75) is 36.8 Å². The number of nitrogens with zero attached hydrogens (tertiary/aromatic N) is 1. The van der Waals surface area contributed by atoms with Crippen LogP contribution >= 0.6 is 15.9 Å². The molecule has 0 saturated heterocycles. The van der Waals surface area contributed by atoms with Gasteiger partial charge in [0.05, 0.1) is 9.82 Å². The van der Waals surface area contributed by atoms with Crippen molar-refractivity contribution in [3.8, 4) is 16.9 Å². The number of carbonyl (C=O) groups excluding carboxylic acids is 1. The molecule has 11 nitrogen and oxygen atoms in total. The number of hydrogen-bond donors (Lipinski definition) is 3. The lowest BCUT2D eigenvalue weighted by Crippen LogP contribution is -2.58. The highest BCUT2D eigenvalue weighted by atomic mass is 79.9. The van der Waals surface area contributed by atoms with E-state index in [1.165, 1.54) is 31.2 Å². The van der Waals surface area contributed by atoms with Crippen LogP contribution in [-0.2, 0) is 19.6 Å². The predicted molar refractivity (Wildman–Crippen MR) is 147 cm³/mol. The average molecular weight is 620 g/mol. The van der Waals surface area contributed by atoms with Crippen LogP contribution in [0.2, 0.25) is 0 Å². The van der Waals surface area contributed by atoms with E-state index in [1.807, 2.05) is 24.3 Å². The first-order valence-electron chi connectivity index (χ1n) is 11.7. The maximum atomic E-state index is 13.3. The minimum absolute atomic E-state index is 0.0850. The summed E-state index contributed by atoms with van der Waals surface area (Å²) in [5, 5.41) is 23.7. The number of amides is 1. The maximum Gasteiger partial charge on any atom is 0.364 e. The van der Waals surface area contributed by atoms with E-state index < -0.39 is 26.6 Å². The van der Waals surface area contributed by atoms with Crippen molar-refractivity contribution in [2.24, 2.45) is 0 Å². The third-order valence-corrected chi connectivity index (χ3v) is 7.68. The third-order valence-electron chi connectivity index (χ3n) is 5.66. The number of carbonyl (C=O) groups is 2. The minimum atomic E-state index is -4.41. The number of benzene rings is 3. The number of aliphatic carboxylic acids is 1. The molecule has 0 aliphatic rings. The number of carboxylic acids is 1. The highest BCUT2D eigenvalue weighted by Crippen LogP contribution is 2.28. The Labute approximate surface area is 233 Å². The summed E-state index contributed by atoms with van der Waals surface area (Å²) in [7, 11) is -4.41. The van der Waals surface area contributed by atoms with Crippen molar-refractivity contribution in [3.05, 3.63) is 87.4 Å². The molecule has 0 heterocycles. The molecule has 0 aromatic heterocycles. The zero-order valence-corrected chi connectivity index (χ0v) is 23.2. The Hall–Kier alpha value is -3.81. The topological polar surface area (TPSA) is 165 Å². The second-order valence-electron chi connectivity index (χ2n) is 8.56. The molecular weight excluding hydrogens is 594 g/mol. The Kier molecular flexibility index (Phi) is 9.78. The number of unbranched alkanes of at least 4 members (excludes halogenated alkanes) is 1. The number of nitrogens with one attached hydrogen (secondary N) is 2.